The lowest BCUT2D eigenvalue weighted by atomic mass is 10.1. The third-order valence-corrected chi connectivity index (χ3v) is 5.26. The number of fused-ring (bicyclic) bond motifs is 1. The Labute approximate surface area is 127 Å². The van der Waals surface area contributed by atoms with E-state index >= 15 is 0 Å². The Morgan fingerprint density at radius 1 is 1.15 bits per heavy atom. The van der Waals surface area contributed by atoms with Crippen LogP contribution in [0.2, 0.25) is 5.02 Å². The molecule has 0 spiro atoms. The lowest BCUT2D eigenvalue weighted by Crippen LogP contribution is -2.00. The molecule has 1 aromatic carbocycles. The summed E-state index contributed by atoms with van der Waals surface area (Å²) in [5, 5.41) is 0.429. The molecule has 0 unspecified atom stereocenters. The zero-order chi connectivity index (χ0) is 14.1. The maximum atomic E-state index is 12.6. The van der Waals surface area contributed by atoms with Gasteiger partial charge in [0.15, 0.2) is 0 Å². The van der Waals surface area contributed by atoms with Crippen LogP contribution in [0.25, 0.3) is 0 Å². The molecular weight excluding hydrogens is 290 g/mol. The van der Waals surface area contributed by atoms with Crippen molar-refractivity contribution in [2.24, 2.45) is 0 Å². The van der Waals surface area contributed by atoms with Gasteiger partial charge in [-0.2, -0.15) is 0 Å². The van der Waals surface area contributed by atoms with Crippen LogP contribution >= 0.6 is 22.9 Å². The molecule has 2 aromatic rings. The Bertz CT molecular complexity index is 639. The van der Waals surface area contributed by atoms with Gasteiger partial charge in [-0.15, -0.1) is 11.3 Å². The highest BCUT2D eigenvalue weighted by Crippen LogP contribution is 2.31. The molecular formula is C16H16ClNOS. The van der Waals surface area contributed by atoms with Crippen molar-refractivity contribution in [2.75, 3.05) is 5.73 Å². The number of anilines is 1. The minimum Gasteiger partial charge on any atom is -0.399 e. The Balaban J connectivity index is 1.94. The van der Waals surface area contributed by atoms with E-state index in [9.17, 15) is 4.79 Å². The van der Waals surface area contributed by atoms with Crippen LogP contribution in [0.3, 0.4) is 0 Å². The van der Waals surface area contributed by atoms with Crippen LogP contribution in [-0.4, -0.2) is 5.78 Å². The van der Waals surface area contributed by atoms with Gasteiger partial charge in [-0.25, -0.2) is 0 Å². The average Bonchev–Trinajstić information content (AvgIpc) is 2.69. The zero-order valence-electron chi connectivity index (χ0n) is 11.1. The van der Waals surface area contributed by atoms with E-state index in [4.69, 9.17) is 17.3 Å². The second kappa shape index (κ2) is 5.58. The second-order valence-electron chi connectivity index (χ2n) is 5.19. The van der Waals surface area contributed by atoms with Crippen LogP contribution < -0.4 is 5.73 Å². The Morgan fingerprint density at radius 2 is 1.95 bits per heavy atom. The van der Waals surface area contributed by atoms with Gasteiger partial charge in [-0.1, -0.05) is 18.0 Å². The minimum atomic E-state index is 0.00748. The average molecular weight is 306 g/mol. The predicted molar refractivity (Wildman–Crippen MR) is 84.9 cm³/mol. The van der Waals surface area contributed by atoms with Gasteiger partial charge in [0, 0.05) is 16.1 Å². The number of ketones is 1. The van der Waals surface area contributed by atoms with Crippen LogP contribution in [0, 0.1) is 0 Å². The third-order valence-electron chi connectivity index (χ3n) is 3.71. The number of nitrogen functional groups attached to an aromatic ring is 1. The minimum absolute atomic E-state index is 0.00748. The van der Waals surface area contributed by atoms with Gasteiger partial charge in [0.1, 0.15) is 0 Å². The van der Waals surface area contributed by atoms with Crippen molar-refractivity contribution in [1.82, 2.24) is 0 Å². The quantitative estimate of drug-likeness (QED) is 0.505. The topological polar surface area (TPSA) is 43.1 Å². The molecule has 20 heavy (non-hydrogen) atoms. The SMILES string of the molecule is Nc1ccc(C(=O)c2cc3c(s2)CCCCC3)c(Cl)c1. The van der Waals surface area contributed by atoms with Gasteiger partial charge in [0.2, 0.25) is 5.78 Å². The molecule has 1 aromatic heterocycles. The molecule has 0 saturated carbocycles. The van der Waals surface area contributed by atoms with Gasteiger partial charge in [-0.3, -0.25) is 4.79 Å². The van der Waals surface area contributed by atoms with E-state index in [1.165, 1.54) is 29.7 Å². The molecule has 0 amide bonds. The summed E-state index contributed by atoms with van der Waals surface area (Å²) in [6.07, 6.45) is 5.93. The van der Waals surface area contributed by atoms with Crippen LogP contribution in [0.1, 0.15) is 44.9 Å². The van der Waals surface area contributed by atoms with E-state index in [0.29, 0.717) is 16.3 Å². The molecule has 0 radical (unpaired) electrons. The van der Waals surface area contributed by atoms with Gasteiger partial charge in [0.25, 0.3) is 0 Å². The van der Waals surface area contributed by atoms with Crippen LogP contribution in [0.5, 0.6) is 0 Å². The van der Waals surface area contributed by atoms with Crippen molar-refractivity contribution in [2.45, 2.75) is 32.1 Å². The number of thiophene rings is 1. The van der Waals surface area contributed by atoms with E-state index in [1.54, 1.807) is 29.5 Å². The molecule has 1 aliphatic rings. The fraction of sp³-hybridized carbons (Fsp3) is 0.312. The summed E-state index contributed by atoms with van der Waals surface area (Å²) in [6.45, 7) is 0. The first kappa shape index (κ1) is 13.7. The third kappa shape index (κ3) is 2.60. The van der Waals surface area contributed by atoms with E-state index in [-0.39, 0.29) is 5.78 Å². The van der Waals surface area contributed by atoms with E-state index in [2.05, 4.69) is 6.07 Å². The molecule has 0 fully saturated rings. The smallest absolute Gasteiger partial charge is 0.204 e. The molecule has 0 saturated heterocycles. The molecule has 2 nitrogen and oxygen atoms in total. The highest BCUT2D eigenvalue weighted by molar-refractivity contribution is 7.14. The molecule has 1 heterocycles. The van der Waals surface area contributed by atoms with Crippen molar-refractivity contribution in [1.29, 1.82) is 0 Å². The summed E-state index contributed by atoms with van der Waals surface area (Å²) >= 11 is 7.76. The molecule has 1 aliphatic carbocycles. The number of carbonyl (C=O) groups is 1. The van der Waals surface area contributed by atoms with Crippen molar-refractivity contribution in [3.05, 3.63) is 50.2 Å². The summed E-state index contributed by atoms with van der Waals surface area (Å²) in [4.78, 5) is 14.7. The molecule has 0 atom stereocenters. The summed E-state index contributed by atoms with van der Waals surface area (Å²) in [6, 6.07) is 7.12. The first-order valence-electron chi connectivity index (χ1n) is 6.86. The van der Waals surface area contributed by atoms with Crippen molar-refractivity contribution in [3.8, 4) is 0 Å². The summed E-state index contributed by atoms with van der Waals surface area (Å²) in [5.41, 5.74) is 8.14. The lowest BCUT2D eigenvalue weighted by molar-refractivity contribution is 0.104. The Kier molecular flexibility index (Phi) is 3.81. The van der Waals surface area contributed by atoms with Gasteiger partial charge in [-0.05, 0) is 55.5 Å². The monoisotopic (exact) mass is 305 g/mol. The van der Waals surface area contributed by atoms with E-state index in [1.807, 2.05) is 0 Å². The summed E-state index contributed by atoms with van der Waals surface area (Å²) in [5.74, 6) is 0.00748. The van der Waals surface area contributed by atoms with Crippen molar-refractivity contribution < 1.29 is 4.79 Å². The number of rotatable bonds is 2. The van der Waals surface area contributed by atoms with E-state index < -0.39 is 0 Å². The number of nitrogens with two attached hydrogens (primary N) is 1. The first-order chi connectivity index (χ1) is 9.65. The predicted octanol–water partition coefficient (Wildman–Crippen LogP) is 4.48. The zero-order valence-corrected chi connectivity index (χ0v) is 12.7. The van der Waals surface area contributed by atoms with E-state index in [0.717, 1.165) is 17.7 Å². The Morgan fingerprint density at radius 3 is 2.75 bits per heavy atom. The van der Waals surface area contributed by atoms with Crippen molar-refractivity contribution >= 4 is 34.4 Å². The number of aryl methyl sites for hydroxylation is 2. The van der Waals surface area contributed by atoms with Crippen LogP contribution in [0.4, 0.5) is 5.69 Å². The number of hydrogen-bond acceptors (Lipinski definition) is 3. The lowest BCUT2D eigenvalue weighted by Gasteiger charge is -2.02. The standard InChI is InChI=1S/C16H16ClNOS/c17-13-9-11(18)6-7-12(13)16(19)15-8-10-4-2-1-3-5-14(10)20-15/h6-9H,1-5,18H2. The highest BCUT2D eigenvalue weighted by Gasteiger charge is 2.19. The number of halogens is 1. The molecule has 0 bridgehead atoms. The second-order valence-corrected chi connectivity index (χ2v) is 6.73. The van der Waals surface area contributed by atoms with Crippen LogP contribution in [0.15, 0.2) is 24.3 Å². The largest absolute Gasteiger partial charge is 0.399 e. The van der Waals surface area contributed by atoms with Gasteiger partial charge in [0.05, 0.1) is 9.90 Å². The van der Waals surface area contributed by atoms with Gasteiger partial charge >= 0.3 is 0 Å². The fourth-order valence-electron chi connectivity index (χ4n) is 2.63. The summed E-state index contributed by atoms with van der Waals surface area (Å²) in [7, 11) is 0. The Hall–Kier alpha value is -1.32. The maximum absolute atomic E-state index is 12.6. The normalized spacial score (nSPS) is 14.7. The van der Waals surface area contributed by atoms with Gasteiger partial charge < -0.3 is 5.73 Å². The first-order valence-corrected chi connectivity index (χ1v) is 8.06. The van der Waals surface area contributed by atoms with Crippen molar-refractivity contribution in [3.63, 3.8) is 0 Å². The molecule has 0 aliphatic heterocycles. The molecule has 104 valence electrons. The number of carbonyl (C=O) groups excluding carboxylic acids is 1. The molecule has 3 rings (SSSR count). The highest BCUT2D eigenvalue weighted by atomic mass is 35.5. The molecule has 2 N–H and O–H groups in total. The number of hydrogen-bond donors (Lipinski definition) is 1. The summed E-state index contributed by atoms with van der Waals surface area (Å²) < 4.78 is 0. The maximum Gasteiger partial charge on any atom is 0.204 e. The fourth-order valence-corrected chi connectivity index (χ4v) is 4.11. The molecule has 4 heteroatoms. The number of benzene rings is 1. The van der Waals surface area contributed by atoms with Crippen LogP contribution in [-0.2, 0) is 12.8 Å².